The maximum absolute atomic E-state index is 12.9. The molecule has 0 aliphatic rings. The van der Waals surface area contributed by atoms with Crippen LogP contribution in [0.15, 0.2) is 24.3 Å². The number of hydrogen-bond donors (Lipinski definition) is 2. The average molecular weight is 302 g/mol. The van der Waals surface area contributed by atoms with Gasteiger partial charge in [-0.05, 0) is 17.7 Å². The number of halogens is 1. The summed E-state index contributed by atoms with van der Waals surface area (Å²) in [5, 5.41) is 4.22. The number of benzene rings is 1. The monoisotopic (exact) mass is 302 g/mol. The Hall–Kier alpha value is -2.92. The van der Waals surface area contributed by atoms with Gasteiger partial charge in [0.2, 0.25) is 11.9 Å². The molecule has 0 atom stereocenters. The van der Waals surface area contributed by atoms with Gasteiger partial charge in [-0.1, -0.05) is 18.1 Å². The average Bonchev–Trinajstić information content (AvgIpc) is 2.52. The van der Waals surface area contributed by atoms with E-state index in [0.29, 0.717) is 6.54 Å². The fraction of sp³-hybridized carbons (Fsp3) is 0.214. The van der Waals surface area contributed by atoms with Crippen LogP contribution in [0, 0.1) is 18.2 Å². The highest BCUT2D eigenvalue weighted by Gasteiger charge is 2.13. The molecule has 0 saturated carbocycles. The van der Waals surface area contributed by atoms with Gasteiger partial charge in [-0.15, -0.1) is 6.42 Å². The smallest absolute Gasteiger partial charge is 0.256 e. The SMILES string of the molecule is C#CCNc1nc(N)nc(N(Cc2ccc(F)cc2)OC)n1. The quantitative estimate of drug-likeness (QED) is 0.612. The topological polar surface area (TPSA) is 89.2 Å². The first-order valence-corrected chi connectivity index (χ1v) is 6.37. The van der Waals surface area contributed by atoms with E-state index in [1.54, 1.807) is 12.1 Å². The summed E-state index contributed by atoms with van der Waals surface area (Å²) in [5.41, 5.74) is 6.47. The van der Waals surface area contributed by atoms with Crippen LogP contribution in [0.1, 0.15) is 5.56 Å². The predicted octanol–water partition coefficient (Wildman–Crippen LogP) is 1.21. The Morgan fingerprint density at radius 2 is 2.05 bits per heavy atom. The number of hydroxylamine groups is 1. The first kappa shape index (κ1) is 15.5. The first-order chi connectivity index (χ1) is 10.6. The molecule has 2 rings (SSSR count). The van der Waals surface area contributed by atoms with Gasteiger partial charge < -0.3 is 11.1 Å². The lowest BCUT2D eigenvalue weighted by molar-refractivity contribution is 0.158. The number of nitrogen functional groups attached to an aromatic ring is 1. The molecule has 2 aromatic rings. The molecule has 8 heteroatoms. The molecule has 1 heterocycles. The van der Waals surface area contributed by atoms with Crippen molar-refractivity contribution in [3.63, 3.8) is 0 Å². The zero-order valence-electron chi connectivity index (χ0n) is 12.0. The predicted molar refractivity (Wildman–Crippen MR) is 81.2 cm³/mol. The van der Waals surface area contributed by atoms with E-state index in [-0.39, 0.29) is 30.2 Å². The van der Waals surface area contributed by atoms with Crippen molar-refractivity contribution in [1.29, 1.82) is 0 Å². The van der Waals surface area contributed by atoms with E-state index in [1.807, 2.05) is 0 Å². The maximum atomic E-state index is 12.9. The summed E-state index contributed by atoms with van der Waals surface area (Å²) in [4.78, 5) is 17.4. The Bertz CT molecular complexity index is 670. The minimum absolute atomic E-state index is 0.0330. The van der Waals surface area contributed by atoms with Gasteiger partial charge >= 0.3 is 0 Å². The Balaban J connectivity index is 2.21. The summed E-state index contributed by atoms with van der Waals surface area (Å²) in [5.74, 6) is 2.61. The number of hydrogen-bond acceptors (Lipinski definition) is 7. The van der Waals surface area contributed by atoms with Crippen molar-refractivity contribution in [3.8, 4) is 12.3 Å². The molecule has 7 nitrogen and oxygen atoms in total. The van der Waals surface area contributed by atoms with Crippen molar-refractivity contribution in [2.24, 2.45) is 0 Å². The largest absolute Gasteiger partial charge is 0.368 e. The van der Waals surface area contributed by atoms with E-state index in [1.165, 1.54) is 24.3 Å². The number of terminal acetylenes is 1. The number of rotatable bonds is 6. The molecule has 0 aliphatic carbocycles. The Morgan fingerprint density at radius 3 is 2.68 bits per heavy atom. The van der Waals surface area contributed by atoms with Crippen molar-refractivity contribution < 1.29 is 9.23 Å². The summed E-state index contributed by atoms with van der Waals surface area (Å²) in [6.45, 7) is 0.572. The summed E-state index contributed by atoms with van der Waals surface area (Å²) in [6, 6.07) is 6.02. The third-order valence-corrected chi connectivity index (χ3v) is 2.67. The number of nitrogens with zero attached hydrogens (tertiary/aromatic N) is 4. The molecule has 114 valence electrons. The lowest BCUT2D eigenvalue weighted by atomic mass is 10.2. The maximum Gasteiger partial charge on any atom is 0.256 e. The third kappa shape index (κ3) is 4.04. The summed E-state index contributed by atoms with van der Waals surface area (Å²) in [7, 11) is 1.47. The normalized spacial score (nSPS) is 10.0. The van der Waals surface area contributed by atoms with Gasteiger partial charge in [0.1, 0.15) is 5.82 Å². The Labute approximate surface area is 127 Å². The lowest BCUT2D eigenvalue weighted by Crippen LogP contribution is -2.24. The second-order valence-electron chi connectivity index (χ2n) is 4.22. The van der Waals surface area contributed by atoms with E-state index in [4.69, 9.17) is 17.0 Å². The number of nitrogens with one attached hydrogen (secondary N) is 1. The van der Waals surface area contributed by atoms with E-state index in [0.717, 1.165) is 5.56 Å². The molecule has 3 N–H and O–H groups in total. The zero-order chi connectivity index (χ0) is 15.9. The van der Waals surface area contributed by atoms with Crippen LogP contribution in [0.3, 0.4) is 0 Å². The highest BCUT2D eigenvalue weighted by molar-refractivity contribution is 5.41. The molecule has 0 unspecified atom stereocenters. The van der Waals surface area contributed by atoms with Gasteiger partial charge in [0.25, 0.3) is 5.95 Å². The minimum atomic E-state index is -0.308. The summed E-state index contributed by atoms with van der Waals surface area (Å²) in [6.07, 6.45) is 5.17. The molecule has 22 heavy (non-hydrogen) atoms. The van der Waals surface area contributed by atoms with Crippen molar-refractivity contribution in [1.82, 2.24) is 15.0 Å². The highest BCUT2D eigenvalue weighted by atomic mass is 19.1. The van der Waals surface area contributed by atoms with Crippen LogP contribution in [0.5, 0.6) is 0 Å². The van der Waals surface area contributed by atoms with Crippen LogP contribution in [0.2, 0.25) is 0 Å². The fourth-order valence-electron chi connectivity index (χ4n) is 1.67. The fourth-order valence-corrected chi connectivity index (χ4v) is 1.67. The molecular weight excluding hydrogens is 287 g/mol. The standard InChI is InChI=1S/C14H15FN6O/c1-3-8-17-13-18-12(16)19-14(20-13)21(22-2)9-10-4-6-11(15)7-5-10/h1,4-7H,8-9H2,2H3,(H3,16,17,18,19,20). The number of anilines is 3. The van der Waals surface area contributed by atoms with E-state index in [9.17, 15) is 4.39 Å². The van der Waals surface area contributed by atoms with Crippen molar-refractivity contribution in [2.75, 3.05) is 29.8 Å². The van der Waals surface area contributed by atoms with Gasteiger partial charge in [-0.2, -0.15) is 15.0 Å². The Morgan fingerprint density at radius 1 is 1.32 bits per heavy atom. The summed E-state index contributed by atoms with van der Waals surface area (Å²) >= 11 is 0. The van der Waals surface area contributed by atoms with Crippen LogP contribution >= 0.6 is 0 Å². The van der Waals surface area contributed by atoms with Crippen molar-refractivity contribution in [2.45, 2.75) is 6.54 Å². The molecular formula is C14H15FN6O. The second-order valence-corrected chi connectivity index (χ2v) is 4.22. The zero-order valence-corrected chi connectivity index (χ0v) is 12.0. The lowest BCUT2D eigenvalue weighted by Gasteiger charge is -2.20. The van der Waals surface area contributed by atoms with Crippen LogP contribution in [-0.2, 0) is 11.4 Å². The summed E-state index contributed by atoms with van der Waals surface area (Å²) < 4.78 is 12.9. The minimum Gasteiger partial charge on any atom is -0.368 e. The van der Waals surface area contributed by atoms with Gasteiger partial charge in [0.05, 0.1) is 20.2 Å². The molecule has 0 aliphatic heterocycles. The molecule has 0 spiro atoms. The molecule has 0 amide bonds. The van der Waals surface area contributed by atoms with Crippen LogP contribution in [0.25, 0.3) is 0 Å². The van der Waals surface area contributed by atoms with Gasteiger partial charge in [-0.25, -0.2) is 9.45 Å². The first-order valence-electron chi connectivity index (χ1n) is 6.37. The molecule has 1 aromatic carbocycles. The Kier molecular flexibility index (Phi) is 5.06. The highest BCUT2D eigenvalue weighted by Crippen LogP contribution is 2.15. The van der Waals surface area contributed by atoms with Gasteiger partial charge in [0, 0.05) is 0 Å². The van der Waals surface area contributed by atoms with Crippen molar-refractivity contribution >= 4 is 17.8 Å². The number of aromatic nitrogens is 3. The van der Waals surface area contributed by atoms with Crippen LogP contribution in [-0.4, -0.2) is 28.6 Å². The van der Waals surface area contributed by atoms with Crippen LogP contribution < -0.4 is 16.1 Å². The van der Waals surface area contributed by atoms with Gasteiger partial charge in [0.15, 0.2) is 0 Å². The van der Waals surface area contributed by atoms with E-state index < -0.39 is 0 Å². The second kappa shape index (κ2) is 7.19. The number of nitrogens with two attached hydrogens (primary N) is 1. The molecule has 0 saturated heterocycles. The van der Waals surface area contributed by atoms with E-state index in [2.05, 4.69) is 26.2 Å². The van der Waals surface area contributed by atoms with Gasteiger partial charge in [-0.3, -0.25) is 4.84 Å². The molecule has 0 fully saturated rings. The third-order valence-electron chi connectivity index (χ3n) is 2.67. The molecule has 0 bridgehead atoms. The molecule has 1 aromatic heterocycles. The van der Waals surface area contributed by atoms with Crippen molar-refractivity contribution in [3.05, 3.63) is 35.6 Å². The molecule has 0 radical (unpaired) electrons. The van der Waals surface area contributed by atoms with E-state index >= 15 is 0 Å². The van der Waals surface area contributed by atoms with Crippen LogP contribution in [0.4, 0.5) is 22.2 Å².